The lowest BCUT2D eigenvalue weighted by molar-refractivity contribution is 0.218. The number of hydrogen-bond donors (Lipinski definition) is 2. The molecule has 104 valence electrons. The molecule has 1 aliphatic rings. The molecular formula is C14H17N5O. The zero-order valence-corrected chi connectivity index (χ0v) is 11.2. The van der Waals surface area contributed by atoms with Crippen LogP contribution in [0.4, 0.5) is 0 Å². The van der Waals surface area contributed by atoms with Crippen molar-refractivity contribution in [1.29, 1.82) is 0 Å². The van der Waals surface area contributed by atoms with Crippen molar-refractivity contribution in [2.45, 2.75) is 12.5 Å². The molecule has 1 fully saturated rings. The first-order valence-corrected chi connectivity index (χ1v) is 6.98. The van der Waals surface area contributed by atoms with E-state index in [0.29, 0.717) is 6.04 Å². The third-order valence-corrected chi connectivity index (χ3v) is 4.18. The molecule has 0 radical (unpaired) electrons. The van der Waals surface area contributed by atoms with Gasteiger partial charge < -0.3 is 14.7 Å². The largest absolute Gasteiger partial charge is 0.395 e. The highest BCUT2D eigenvalue weighted by molar-refractivity contribution is 6.00. The minimum Gasteiger partial charge on any atom is -0.395 e. The van der Waals surface area contributed by atoms with Gasteiger partial charge in [0, 0.05) is 37.3 Å². The lowest BCUT2D eigenvalue weighted by Crippen LogP contribution is -2.24. The Morgan fingerprint density at radius 3 is 3.25 bits per heavy atom. The second-order valence-corrected chi connectivity index (χ2v) is 5.35. The summed E-state index contributed by atoms with van der Waals surface area (Å²) in [5.41, 5.74) is 3.01. The van der Waals surface area contributed by atoms with Crippen molar-refractivity contribution >= 4 is 22.1 Å². The molecule has 0 saturated carbocycles. The molecule has 6 nitrogen and oxygen atoms in total. The van der Waals surface area contributed by atoms with Crippen LogP contribution in [0.25, 0.3) is 22.1 Å². The van der Waals surface area contributed by atoms with Gasteiger partial charge in [-0.25, -0.2) is 9.97 Å². The molecule has 0 spiro atoms. The number of β-amino-alcohol motifs (C(OH)–C–C–N with tert-alkyl or cyclic N) is 1. The van der Waals surface area contributed by atoms with E-state index < -0.39 is 0 Å². The van der Waals surface area contributed by atoms with Crippen LogP contribution in [0, 0.1) is 0 Å². The minimum atomic E-state index is 0.226. The number of hydrogen-bond acceptors (Lipinski definition) is 4. The summed E-state index contributed by atoms with van der Waals surface area (Å²) in [6.07, 6.45) is 6.76. The van der Waals surface area contributed by atoms with Crippen molar-refractivity contribution in [3.63, 3.8) is 0 Å². The molecule has 1 unspecified atom stereocenters. The van der Waals surface area contributed by atoms with E-state index in [2.05, 4.69) is 30.5 Å². The van der Waals surface area contributed by atoms with E-state index in [0.717, 1.165) is 48.1 Å². The number of likely N-dealkylation sites (tertiary alicyclic amines) is 1. The molecule has 20 heavy (non-hydrogen) atoms. The number of aliphatic hydroxyl groups is 1. The molecule has 1 saturated heterocycles. The van der Waals surface area contributed by atoms with Crippen LogP contribution in [0.15, 0.2) is 24.8 Å². The Hall–Kier alpha value is -1.92. The van der Waals surface area contributed by atoms with Gasteiger partial charge >= 0.3 is 0 Å². The number of nitrogens with zero attached hydrogens (tertiary/aromatic N) is 4. The molecule has 6 heteroatoms. The van der Waals surface area contributed by atoms with E-state index >= 15 is 0 Å². The summed E-state index contributed by atoms with van der Waals surface area (Å²) in [7, 11) is 0. The Kier molecular flexibility index (Phi) is 2.71. The monoisotopic (exact) mass is 271 g/mol. The van der Waals surface area contributed by atoms with E-state index in [9.17, 15) is 0 Å². The normalized spacial score (nSPS) is 20.4. The first-order chi connectivity index (χ1) is 9.86. The van der Waals surface area contributed by atoms with Gasteiger partial charge in [0.05, 0.1) is 24.6 Å². The van der Waals surface area contributed by atoms with Gasteiger partial charge in [-0.15, -0.1) is 0 Å². The Balaban J connectivity index is 1.78. The summed E-state index contributed by atoms with van der Waals surface area (Å²) in [6.45, 7) is 2.99. The van der Waals surface area contributed by atoms with Crippen LogP contribution in [0.2, 0.25) is 0 Å². The molecular weight excluding hydrogens is 254 g/mol. The first-order valence-electron chi connectivity index (χ1n) is 6.98. The third-order valence-electron chi connectivity index (χ3n) is 4.18. The topological polar surface area (TPSA) is 70.0 Å². The molecule has 1 atom stereocenters. The number of aromatic nitrogens is 4. The van der Waals surface area contributed by atoms with E-state index in [1.165, 1.54) is 0 Å². The quantitative estimate of drug-likeness (QED) is 0.750. The van der Waals surface area contributed by atoms with Gasteiger partial charge in [-0.3, -0.25) is 4.90 Å². The van der Waals surface area contributed by atoms with Crippen molar-refractivity contribution in [3.8, 4) is 0 Å². The Morgan fingerprint density at radius 2 is 2.35 bits per heavy atom. The van der Waals surface area contributed by atoms with E-state index in [-0.39, 0.29) is 6.61 Å². The smallest absolute Gasteiger partial charge is 0.139 e. The summed E-state index contributed by atoms with van der Waals surface area (Å²) in [5.74, 6) is 0. The number of pyridine rings is 1. The lowest BCUT2D eigenvalue weighted by atomic mass is 10.2. The molecule has 2 N–H and O–H groups in total. The van der Waals surface area contributed by atoms with Crippen LogP contribution in [-0.4, -0.2) is 55.8 Å². The highest BCUT2D eigenvalue weighted by Crippen LogP contribution is 2.29. The molecule has 4 rings (SSSR count). The van der Waals surface area contributed by atoms with Crippen molar-refractivity contribution in [1.82, 2.24) is 24.4 Å². The molecule has 0 bridgehead atoms. The molecule has 0 amide bonds. The van der Waals surface area contributed by atoms with Gasteiger partial charge in [0.25, 0.3) is 0 Å². The summed E-state index contributed by atoms with van der Waals surface area (Å²) in [4.78, 5) is 14.3. The molecule has 0 aliphatic carbocycles. The maximum atomic E-state index is 9.06. The van der Waals surface area contributed by atoms with Crippen molar-refractivity contribution in [2.75, 3.05) is 26.2 Å². The third kappa shape index (κ3) is 1.72. The second kappa shape index (κ2) is 4.57. The Labute approximate surface area is 116 Å². The van der Waals surface area contributed by atoms with Gasteiger partial charge in [0.15, 0.2) is 0 Å². The van der Waals surface area contributed by atoms with Crippen LogP contribution < -0.4 is 0 Å². The number of aliphatic hydroxyl groups excluding tert-OH is 1. The maximum Gasteiger partial charge on any atom is 0.139 e. The van der Waals surface area contributed by atoms with Crippen molar-refractivity contribution in [3.05, 3.63) is 24.8 Å². The van der Waals surface area contributed by atoms with Crippen LogP contribution in [-0.2, 0) is 0 Å². The van der Waals surface area contributed by atoms with Crippen LogP contribution in [0.1, 0.15) is 12.5 Å². The van der Waals surface area contributed by atoms with Gasteiger partial charge in [-0.1, -0.05) is 0 Å². The van der Waals surface area contributed by atoms with E-state index in [4.69, 9.17) is 5.11 Å². The van der Waals surface area contributed by atoms with E-state index in [1.807, 2.05) is 18.7 Å². The summed E-state index contributed by atoms with van der Waals surface area (Å²) in [5, 5.41) is 10.2. The highest BCUT2D eigenvalue weighted by atomic mass is 16.3. The first kappa shape index (κ1) is 11.9. The highest BCUT2D eigenvalue weighted by Gasteiger charge is 2.25. The average molecular weight is 271 g/mol. The zero-order valence-electron chi connectivity index (χ0n) is 11.2. The van der Waals surface area contributed by atoms with Crippen molar-refractivity contribution < 1.29 is 5.11 Å². The lowest BCUT2D eigenvalue weighted by Gasteiger charge is -2.16. The fraction of sp³-hybridized carbons (Fsp3) is 0.429. The minimum absolute atomic E-state index is 0.226. The summed E-state index contributed by atoms with van der Waals surface area (Å²) >= 11 is 0. The van der Waals surface area contributed by atoms with Crippen LogP contribution in [0.3, 0.4) is 0 Å². The fourth-order valence-corrected chi connectivity index (χ4v) is 3.19. The zero-order chi connectivity index (χ0) is 13.5. The summed E-state index contributed by atoms with van der Waals surface area (Å²) < 4.78 is 2.27. The van der Waals surface area contributed by atoms with Crippen LogP contribution >= 0.6 is 0 Å². The predicted octanol–water partition coefficient (Wildman–Crippen LogP) is 1.15. The second-order valence-electron chi connectivity index (χ2n) is 5.35. The molecule has 1 aliphatic heterocycles. The van der Waals surface area contributed by atoms with Gasteiger partial charge in [-0.2, -0.15) is 0 Å². The van der Waals surface area contributed by atoms with Gasteiger partial charge in [0.1, 0.15) is 11.2 Å². The molecule has 4 heterocycles. The number of rotatable bonds is 3. The Bertz CT molecular complexity index is 746. The molecule has 0 aromatic carbocycles. The fourth-order valence-electron chi connectivity index (χ4n) is 3.19. The average Bonchev–Trinajstić information content (AvgIpc) is 3.16. The molecule has 3 aromatic rings. The number of nitrogens with one attached hydrogen (secondary N) is 1. The Morgan fingerprint density at radius 1 is 1.40 bits per heavy atom. The number of imidazole rings is 1. The van der Waals surface area contributed by atoms with Crippen LogP contribution in [0.5, 0.6) is 0 Å². The summed E-state index contributed by atoms with van der Waals surface area (Å²) in [6, 6.07) is 2.48. The number of fused-ring (bicyclic) bond motifs is 3. The van der Waals surface area contributed by atoms with E-state index in [1.54, 1.807) is 0 Å². The SMILES string of the molecule is OCCN1CCC(n2cnc3cnc4[nH]ccc4c32)C1. The number of aromatic amines is 1. The standard InChI is InChI=1S/C14H17N5O/c20-6-5-18-4-2-10(8-18)19-9-17-12-7-16-14-11(13(12)19)1-3-15-14/h1,3,7,9-10,20H,2,4-6,8H2,(H,15,16). The van der Waals surface area contributed by atoms with Gasteiger partial charge in [-0.05, 0) is 12.5 Å². The number of H-pyrrole nitrogens is 1. The maximum absolute atomic E-state index is 9.06. The predicted molar refractivity (Wildman–Crippen MR) is 76.6 cm³/mol. The van der Waals surface area contributed by atoms with Gasteiger partial charge in [0.2, 0.25) is 0 Å². The molecule has 3 aromatic heterocycles. The van der Waals surface area contributed by atoms with Crippen molar-refractivity contribution in [2.24, 2.45) is 0 Å².